The van der Waals surface area contributed by atoms with Crippen molar-refractivity contribution in [2.24, 2.45) is 0 Å². The molecule has 0 unspecified atom stereocenters. The normalized spacial score (nSPS) is 10.5. The highest BCUT2D eigenvalue weighted by Gasteiger charge is 2.09. The average molecular weight is 310 g/mol. The molecule has 1 aromatic carbocycles. The Labute approximate surface area is 132 Å². The Morgan fingerprint density at radius 2 is 2.00 bits per heavy atom. The van der Waals surface area contributed by atoms with E-state index in [0.29, 0.717) is 17.4 Å². The summed E-state index contributed by atoms with van der Waals surface area (Å²) in [5.41, 5.74) is 1.98. The number of aromatic carboxylic acids is 1. The minimum absolute atomic E-state index is 0.148. The van der Waals surface area contributed by atoms with E-state index < -0.39 is 5.97 Å². The average Bonchev–Trinajstić information content (AvgIpc) is 2.86. The van der Waals surface area contributed by atoms with Crippen molar-refractivity contribution < 1.29 is 14.6 Å². The van der Waals surface area contributed by atoms with Gasteiger partial charge >= 0.3 is 5.97 Å². The zero-order valence-electron chi connectivity index (χ0n) is 12.6. The van der Waals surface area contributed by atoms with Gasteiger partial charge in [0.2, 0.25) is 5.88 Å². The summed E-state index contributed by atoms with van der Waals surface area (Å²) in [7, 11) is 0. The van der Waals surface area contributed by atoms with Crippen LogP contribution in [0.4, 0.5) is 0 Å². The number of rotatable bonds is 4. The van der Waals surface area contributed by atoms with Crippen molar-refractivity contribution in [1.82, 2.24) is 19.7 Å². The lowest BCUT2D eigenvalue weighted by Crippen LogP contribution is -2.03. The van der Waals surface area contributed by atoms with E-state index in [9.17, 15) is 4.79 Å². The van der Waals surface area contributed by atoms with Gasteiger partial charge in [0.25, 0.3) is 0 Å². The quantitative estimate of drug-likeness (QED) is 0.797. The summed E-state index contributed by atoms with van der Waals surface area (Å²) in [4.78, 5) is 19.2. The zero-order valence-corrected chi connectivity index (χ0v) is 12.6. The molecule has 1 N–H and O–H groups in total. The Hall–Kier alpha value is -3.22. The lowest BCUT2D eigenvalue weighted by atomic mass is 10.2. The molecule has 0 aliphatic rings. The SMILES string of the molecule is Cc1cc(C)n(-c2cc(Oc3cccc(C(=O)O)c3)ncn2)n1. The molecule has 7 heteroatoms. The third-order valence-electron chi connectivity index (χ3n) is 3.16. The summed E-state index contributed by atoms with van der Waals surface area (Å²) in [6, 6.07) is 9.80. The first-order chi connectivity index (χ1) is 11.0. The predicted molar refractivity (Wildman–Crippen MR) is 82.1 cm³/mol. The fraction of sp³-hybridized carbons (Fsp3) is 0.125. The van der Waals surface area contributed by atoms with E-state index in [2.05, 4.69) is 15.1 Å². The summed E-state index contributed by atoms with van der Waals surface area (Å²) in [5.74, 6) is 0.268. The highest BCUT2D eigenvalue weighted by molar-refractivity contribution is 5.88. The molecule has 3 rings (SSSR count). The van der Waals surface area contributed by atoms with Gasteiger partial charge in [-0.1, -0.05) is 6.07 Å². The van der Waals surface area contributed by atoms with Crippen LogP contribution in [0.1, 0.15) is 21.7 Å². The molecular weight excluding hydrogens is 296 g/mol. The molecule has 7 nitrogen and oxygen atoms in total. The number of aryl methyl sites for hydroxylation is 2. The summed E-state index contributed by atoms with van der Waals surface area (Å²) in [5, 5.41) is 13.4. The van der Waals surface area contributed by atoms with Crippen molar-refractivity contribution in [3.63, 3.8) is 0 Å². The van der Waals surface area contributed by atoms with E-state index in [-0.39, 0.29) is 5.56 Å². The minimum Gasteiger partial charge on any atom is -0.478 e. The molecule has 2 heterocycles. The Kier molecular flexibility index (Phi) is 3.76. The van der Waals surface area contributed by atoms with Crippen LogP contribution < -0.4 is 4.74 Å². The molecule has 3 aromatic rings. The van der Waals surface area contributed by atoms with Gasteiger partial charge in [0, 0.05) is 11.8 Å². The van der Waals surface area contributed by atoms with Crippen molar-refractivity contribution >= 4 is 5.97 Å². The zero-order chi connectivity index (χ0) is 16.4. The van der Waals surface area contributed by atoms with Crippen LogP contribution >= 0.6 is 0 Å². The predicted octanol–water partition coefficient (Wildman–Crippen LogP) is 2.77. The van der Waals surface area contributed by atoms with Crippen molar-refractivity contribution in [3.8, 4) is 17.4 Å². The topological polar surface area (TPSA) is 90.1 Å². The minimum atomic E-state index is -1.01. The summed E-state index contributed by atoms with van der Waals surface area (Å²) < 4.78 is 7.31. The molecule has 0 aliphatic carbocycles. The third-order valence-corrected chi connectivity index (χ3v) is 3.16. The van der Waals surface area contributed by atoms with Crippen molar-refractivity contribution in [2.45, 2.75) is 13.8 Å². The second-order valence-corrected chi connectivity index (χ2v) is 4.99. The van der Waals surface area contributed by atoms with Crippen LogP contribution in [0, 0.1) is 13.8 Å². The number of aromatic nitrogens is 4. The summed E-state index contributed by atoms with van der Waals surface area (Å²) in [6.45, 7) is 3.83. The fourth-order valence-electron chi connectivity index (χ4n) is 2.18. The van der Waals surface area contributed by atoms with Crippen LogP contribution in [-0.2, 0) is 0 Å². The van der Waals surface area contributed by atoms with Crippen LogP contribution in [0.25, 0.3) is 5.82 Å². The number of benzene rings is 1. The summed E-state index contributed by atoms with van der Waals surface area (Å²) >= 11 is 0. The van der Waals surface area contributed by atoms with Crippen LogP contribution in [0.15, 0.2) is 42.7 Å². The molecule has 0 aliphatic heterocycles. The maximum Gasteiger partial charge on any atom is 0.335 e. The van der Waals surface area contributed by atoms with Crippen LogP contribution in [0.2, 0.25) is 0 Å². The Balaban J connectivity index is 1.90. The largest absolute Gasteiger partial charge is 0.478 e. The molecule has 0 fully saturated rings. The van der Waals surface area contributed by atoms with Gasteiger partial charge in [0.15, 0.2) is 5.82 Å². The third kappa shape index (κ3) is 3.18. The van der Waals surface area contributed by atoms with E-state index >= 15 is 0 Å². The molecule has 0 saturated heterocycles. The number of ether oxygens (including phenoxy) is 1. The maximum absolute atomic E-state index is 11.0. The van der Waals surface area contributed by atoms with E-state index in [1.54, 1.807) is 22.9 Å². The van der Waals surface area contributed by atoms with Crippen LogP contribution in [-0.4, -0.2) is 30.8 Å². The van der Waals surface area contributed by atoms with Gasteiger partial charge in [-0.25, -0.2) is 19.4 Å². The van der Waals surface area contributed by atoms with Gasteiger partial charge in [0.1, 0.15) is 12.1 Å². The first kappa shape index (κ1) is 14.7. The van der Waals surface area contributed by atoms with E-state index in [1.165, 1.54) is 18.5 Å². The van der Waals surface area contributed by atoms with Crippen molar-refractivity contribution in [2.75, 3.05) is 0 Å². The molecular formula is C16H14N4O3. The van der Waals surface area contributed by atoms with Gasteiger partial charge in [-0.2, -0.15) is 5.10 Å². The lowest BCUT2D eigenvalue weighted by molar-refractivity contribution is 0.0696. The second-order valence-electron chi connectivity index (χ2n) is 4.99. The Morgan fingerprint density at radius 3 is 2.70 bits per heavy atom. The molecule has 0 atom stereocenters. The molecule has 0 bridgehead atoms. The molecule has 116 valence electrons. The molecule has 0 radical (unpaired) electrons. The van der Waals surface area contributed by atoms with Gasteiger partial charge in [-0.15, -0.1) is 0 Å². The number of carbonyl (C=O) groups is 1. The smallest absolute Gasteiger partial charge is 0.335 e. The van der Waals surface area contributed by atoms with Gasteiger partial charge in [-0.05, 0) is 38.1 Å². The van der Waals surface area contributed by atoms with E-state index in [4.69, 9.17) is 9.84 Å². The fourth-order valence-corrected chi connectivity index (χ4v) is 2.18. The Bertz CT molecular complexity index is 873. The van der Waals surface area contributed by atoms with E-state index in [0.717, 1.165) is 11.4 Å². The highest BCUT2D eigenvalue weighted by atomic mass is 16.5. The molecule has 0 amide bonds. The number of carboxylic acids is 1. The Morgan fingerprint density at radius 1 is 1.17 bits per heavy atom. The molecule has 0 spiro atoms. The van der Waals surface area contributed by atoms with Gasteiger partial charge < -0.3 is 9.84 Å². The monoisotopic (exact) mass is 310 g/mol. The number of carboxylic acid groups (broad SMARTS) is 1. The van der Waals surface area contributed by atoms with Crippen molar-refractivity contribution in [1.29, 1.82) is 0 Å². The number of nitrogens with zero attached hydrogens (tertiary/aromatic N) is 4. The second kappa shape index (κ2) is 5.88. The maximum atomic E-state index is 11.0. The highest BCUT2D eigenvalue weighted by Crippen LogP contribution is 2.22. The summed E-state index contributed by atoms with van der Waals surface area (Å²) in [6.07, 6.45) is 1.38. The lowest BCUT2D eigenvalue weighted by Gasteiger charge is -2.07. The molecule has 23 heavy (non-hydrogen) atoms. The van der Waals surface area contributed by atoms with Crippen LogP contribution in [0.5, 0.6) is 11.6 Å². The molecule has 0 saturated carbocycles. The first-order valence-corrected chi connectivity index (χ1v) is 6.90. The number of hydrogen-bond donors (Lipinski definition) is 1. The first-order valence-electron chi connectivity index (χ1n) is 6.90. The number of hydrogen-bond acceptors (Lipinski definition) is 5. The van der Waals surface area contributed by atoms with E-state index in [1.807, 2.05) is 19.9 Å². The standard InChI is InChI=1S/C16H14N4O3/c1-10-6-11(2)20(19-10)14-8-15(18-9-17-14)23-13-5-3-4-12(7-13)16(21)22/h3-9H,1-2H3,(H,21,22). The molecule has 2 aromatic heterocycles. The van der Waals surface area contributed by atoms with Crippen molar-refractivity contribution in [3.05, 3.63) is 59.7 Å². The van der Waals surface area contributed by atoms with Crippen LogP contribution in [0.3, 0.4) is 0 Å². The van der Waals surface area contributed by atoms with Gasteiger partial charge in [0.05, 0.1) is 11.3 Å². The van der Waals surface area contributed by atoms with Gasteiger partial charge in [-0.3, -0.25) is 0 Å².